The summed E-state index contributed by atoms with van der Waals surface area (Å²) in [5.41, 5.74) is 0. The van der Waals surface area contributed by atoms with Gasteiger partial charge in [0.25, 0.3) is 0 Å². The fourth-order valence-corrected chi connectivity index (χ4v) is 4.36. The first-order chi connectivity index (χ1) is 10.8. The highest BCUT2D eigenvalue weighted by Gasteiger charge is 2.30. The summed E-state index contributed by atoms with van der Waals surface area (Å²) in [6, 6.07) is 5.71. The van der Waals surface area contributed by atoms with E-state index in [9.17, 15) is 0 Å². The van der Waals surface area contributed by atoms with E-state index >= 15 is 0 Å². The van der Waals surface area contributed by atoms with Crippen molar-refractivity contribution < 1.29 is 0 Å². The molecular weight excluding hydrogens is 292 g/mol. The number of hydrogen-bond acceptors (Lipinski definition) is 3. The second-order valence-electron chi connectivity index (χ2n) is 6.39. The first-order valence-corrected chi connectivity index (χ1v) is 9.47. The number of hydrogen-bond donors (Lipinski definition) is 2. The summed E-state index contributed by atoms with van der Waals surface area (Å²) in [5.74, 6) is 0.954. The van der Waals surface area contributed by atoms with Crippen LogP contribution < -0.4 is 10.6 Å². The van der Waals surface area contributed by atoms with Crippen LogP contribution in [0.25, 0.3) is 0 Å². The summed E-state index contributed by atoms with van der Waals surface area (Å²) >= 11 is 1.82. The zero-order valence-electron chi connectivity index (χ0n) is 13.6. The molecule has 2 heterocycles. The normalized spacial score (nSPS) is 24.0. The van der Waals surface area contributed by atoms with Gasteiger partial charge >= 0.3 is 0 Å². The SMILES string of the molecule is CN=C(NCCc1cccs1)NC1CCN(C2CCCC2)C1. The zero-order chi connectivity index (χ0) is 15.2. The lowest BCUT2D eigenvalue weighted by Gasteiger charge is -2.24. The smallest absolute Gasteiger partial charge is 0.191 e. The van der Waals surface area contributed by atoms with Gasteiger partial charge in [-0.25, -0.2) is 0 Å². The summed E-state index contributed by atoms with van der Waals surface area (Å²) in [5, 5.41) is 9.18. The van der Waals surface area contributed by atoms with E-state index in [1.807, 2.05) is 18.4 Å². The fraction of sp³-hybridized carbons (Fsp3) is 0.706. The Labute approximate surface area is 138 Å². The molecule has 122 valence electrons. The van der Waals surface area contributed by atoms with Crippen LogP contribution in [0.4, 0.5) is 0 Å². The minimum absolute atomic E-state index is 0.550. The van der Waals surface area contributed by atoms with Crippen molar-refractivity contribution in [1.82, 2.24) is 15.5 Å². The second kappa shape index (κ2) is 7.97. The molecule has 2 aliphatic rings. The maximum Gasteiger partial charge on any atom is 0.191 e. The van der Waals surface area contributed by atoms with Crippen molar-refractivity contribution in [2.24, 2.45) is 4.99 Å². The molecule has 5 heteroatoms. The molecule has 0 radical (unpaired) electrons. The Morgan fingerprint density at radius 3 is 2.95 bits per heavy atom. The number of guanidine groups is 1. The highest BCUT2D eigenvalue weighted by Crippen LogP contribution is 2.26. The Morgan fingerprint density at radius 2 is 2.23 bits per heavy atom. The lowest BCUT2D eigenvalue weighted by atomic mass is 10.2. The van der Waals surface area contributed by atoms with Gasteiger partial charge in [0, 0.05) is 43.6 Å². The number of aliphatic imine (C=N–C) groups is 1. The van der Waals surface area contributed by atoms with Crippen LogP contribution in [0, 0.1) is 0 Å². The number of thiophene rings is 1. The summed E-state index contributed by atoms with van der Waals surface area (Å²) in [6.45, 7) is 3.37. The van der Waals surface area contributed by atoms with Gasteiger partial charge < -0.3 is 10.6 Å². The molecule has 1 aliphatic heterocycles. The lowest BCUT2D eigenvalue weighted by Crippen LogP contribution is -2.45. The van der Waals surface area contributed by atoms with Crippen molar-refractivity contribution >= 4 is 17.3 Å². The van der Waals surface area contributed by atoms with Gasteiger partial charge in [-0.3, -0.25) is 9.89 Å². The minimum atomic E-state index is 0.550. The highest BCUT2D eigenvalue weighted by atomic mass is 32.1. The molecule has 1 atom stereocenters. The summed E-state index contributed by atoms with van der Waals surface area (Å²) in [4.78, 5) is 8.48. The topological polar surface area (TPSA) is 39.7 Å². The number of likely N-dealkylation sites (tertiary alicyclic amines) is 1. The largest absolute Gasteiger partial charge is 0.356 e. The van der Waals surface area contributed by atoms with Gasteiger partial charge in [-0.05, 0) is 37.1 Å². The van der Waals surface area contributed by atoms with Gasteiger partial charge in [0.2, 0.25) is 0 Å². The Morgan fingerprint density at radius 1 is 1.36 bits per heavy atom. The third-order valence-corrected chi connectivity index (χ3v) is 5.81. The van der Waals surface area contributed by atoms with E-state index < -0.39 is 0 Å². The van der Waals surface area contributed by atoms with Gasteiger partial charge in [0.15, 0.2) is 5.96 Å². The van der Waals surface area contributed by atoms with Crippen molar-refractivity contribution in [1.29, 1.82) is 0 Å². The molecule has 0 aromatic carbocycles. The molecule has 1 saturated carbocycles. The summed E-state index contributed by atoms with van der Waals surface area (Å²) in [6.07, 6.45) is 7.96. The molecule has 0 bridgehead atoms. The molecule has 1 aromatic heterocycles. The Hall–Kier alpha value is -1.07. The van der Waals surface area contributed by atoms with Crippen LogP contribution in [0.3, 0.4) is 0 Å². The number of rotatable bonds is 5. The predicted octanol–water partition coefficient (Wildman–Crippen LogP) is 2.47. The average molecular weight is 321 g/mol. The van der Waals surface area contributed by atoms with E-state index in [2.05, 4.69) is 38.0 Å². The third-order valence-electron chi connectivity index (χ3n) is 4.87. The molecule has 4 nitrogen and oxygen atoms in total. The molecule has 0 spiro atoms. The standard InChI is InChI=1S/C17H28N4S/c1-18-17(19-10-8-16-7-4-12-22-16)20-14-9-11-21(13-14)15-5-2-3-6-15/h4,7,12,14-15H,2-3,5-6,8-11,13H2,1H3,(H2,18,19,20). The van der Waals surface area contributed by atoms with E-state index in [1.54, 1.807) is 0 Å². The van der Waals surface area contributed by atoms with E-state index in [1.165, 1.54) is 50.1 Å². The van der Waals surface area contributed by atoms with Crippen molar-refractivity contribution in [2.45, 2.75) is 50.6 Å². The van der Waals surface area contributed by atoms with Crippen LogP contribution in [-0.2, 0) is 6.42 Å². The molecule has 2 N–H and O–H groups in total. The number of nitrogens with one attached hydrogen (secondary N) is 2. The lowest BCUT2D eigenvalue weighted by molar-refractivity contribution is 0.242. The number of nitrogens with zero attached hydrogens (tertiary/aromatic N) is 2. The van der Waals surface area contributed by atoms with Crippen LogP contribution in [0.2, 0.25) is 0 Å². The molecular formula is C17H28N4S. The van der Waals surface area contributed by atoms with Crippen LogP contribution in [0.1, 0.15) is 37.0 Å². The van der Waals surface area contributed by atoms with Gasteiger partial charge in [-0.1, -0.05) is 18.9 Å². The van der Waals surface area contributed by atoms with Gasteiger partial charge in [-0.15, -0.1) is 11.3 Å². The molecule has 1 saturated heterocycles. The average Bonchev–Trinajstić information content (AvgIpc) is 3.27. The Balaban J connectivity index is 1.39. The van der Waals surface area contributed by atoms with Crippen LogP contribution >= 0.6 is 11.3 Å². The van der Waals surface area contributed by atoms with E-state index in [0.29, 0.717) is 6.04 Å². The van der Waals surface area contributed by atoms with E-state index in [-0.39, 0.29) is 0 Å². The van der Waals surface area contributed by atoms with Gasteiger partial charge in [0.1, 0.15) is 0 Å². The molecule has 3 rings (SSSR count). The summed E-state index contributed by atoms with van der Waals surface area (Å²) < 4.78 is 0. The predicted molar refractivity (Wildman–Crippen MR) is 94.8 cm³/mol. The summed E-state index contributed by atoms with van der Waals surface area (Å²) in [7, 11) is 1.87. The van der Waals surface area contributed by atoms with Gasteiger partial charge in [0.05, 0.1) is 0 Å². The maximum absolute atomic E-state index is 4.37. The Bertz CT molecular complexity index is 465. The first kappa shape index (κ1) is 15.8. The molecule has 1 aromatic rings. The maximum atomic E-state index is 4.37. The third kappa shape index (κ3) is 4.23. The molecule has 1 unspecified atom stereocenters. The highest BCUT2D eigenvalue weighted by molar-refractivity contribution is 7.09. The Kier molecular flexibility index (Phi) is 5.73. The minimum Gasteiger partial charge on any atom is -0.356 e. The molecule has 2 fully saturated rings. The van der Waals surface area contributed by atoms with Gasteiger partial charge in [-0.2, -0.15) is 0 Å². The van der Waals surface area contributed by atoms with Crippen LogP contribution in [0.15, 0.2) is 22.5 Å². The van der Waals surface area contributed by atoms with Crippen molar-refractivity contribution in [2.75, 3.05) is 26.7 Å². The van der Waals surface area contributed by atoms with Crippen molar-refractivity contribution in [3.63, 3.8) is 0 Å². The molecule has 1 aliphatic carbocycles. The monoisotopic (exact) mass is 320 g/mol. The second-order valence-corrected chi connectivity index (χ2v) is 7.42. The van der Waals surface area contributed by atoms with Crippen molar-refractivity contribution in [3.8, 4) is 0 Å². The van der Waals surface area contributed by atoms with Crippen LogP contribution in [0.5, 0.6) is 0 Å². The van der Waals surface area contributed by atoms with Crippen molar-refractivity contribution in [3.05, 3.63) is 22.4 Å². The first-order valence-electron chi connectivity index (χ1n) is 8.59. The zero-order valence-corrected chi connectivity index (χ0v) is 14.4. The van der Waals surface area contributed by atoms with E-state index in [0.717, 1.165) is 25.0 Å². The van der Waals surface area contributed by atoms with E-state index in [4.69, 9.17) is 0 Å². The molecule has 0 amide bonds. The molecule has 22 heavy (non-hydrogen) atoms. The fourth-order valence-electron chi connectivity index (χ4n) is 3.65. The van der Waals surface area contributed by atoms with Crippen LogP contribution in [-0.4, -0.2) is 49.6 Å². The quantitative estimate of drug-likeness (QED) is 0.647.